The first-order chi connectivity index (χ1) is 13.3. The fourth-order valence-corrected chi connectivity index (χ4v) is 4.25. The summed E-state index contributed by atoms with van der Waals surface area (Å²) in [5.41, 5.74) is 0.867. The van der Waals surface area contributed by atoms with E-state index >= 15 is 0 Å². The van der Waals surface area contributed by atoms with Crippen molar-refractivity contribution in [1.82, 2.24) is 14.9 Å². The highest BCUT2D eigenvalue weighted by Crippen LogP contribution is 2.29. The third kappa shape index (κ3) is 5.72. The fraction of sp³-hybridized carbons (Fsp3) is 0.600. The molecule has 0 spiro atoms. The van der Waals surface area contributed by atoms with Gasteiger partial charge in [0.05, 0.1) is 11.5 Å². The minimum atomic E-state index is -1.09. The maximum Gasteiger partial charge on any atom is 0.404 e. The SMILES string of the molecule is C[Si](C)(C)CCOCn1ccc2c(OC3CCC(NC(=O)O)CC3)ccnc21. The van der Waals surface area contributed by atoms with E-state index < -0.39 is 14.2 Å². The van der Waals surface area contributed by atoms with Crippen LogP contribution in [0.1, 0.15) is 25.7 Å². The summed E-state index contributed by atoms with van der Waals surface area (Å²) in [7, 11) is -1.09. The Morgan fingerprint density at radius 3 is 2.71 bits per heavy atom. The van der Waals surface area contributed by atoms with Gasteiger partial charge < -0.3 is 24.5 Å². The summed E-state index contributed by atoms with van der Waals surface area (Å²) in [6.45, 7) is 8.31. The number of carbonyl (C=O) groups is 1. The van der Waals surface area contributed by atoms with E-state index in [1.165, 1.54) is 0 Å². The highest BCUT2D eigenvalue weighted by Gasteiger charge is 2.24. The lowest BCUT2D eigenvalue weighted by Gasteiger charge is -2.29. The van der Waals surface area contributed by atoms with Gasteiger partial charge in [-0.05, 0) is 43.9 Å². The Kier molecular flexibility index (Phi) is 6.61. The standard InChI is InChI=1S/C20H31N3O4Si/c1-28(2,3)13-12-26-14-23-11-9-17-18(8-10-21-19(17)23)27-16-6-4-15(5-7-16)22-20(24)25/h8-11,15-16,22H,4-7,12-14H2,1-3H3,(H,24,25). The van der Waals surface area contributed by atoms with E-state index in [9.17, 15) is 4.79 Å². The van der Waals surface area contributed by atoms with Gasteiger partial charge in [0.2, 0.25) is 0 Å². The lowest BCUT2D eigenvalue weighted by Crippen LogP contribution is -2.38. The van der Waals surface area contributed by atoms with Crippen LogP contribution in [0.5, 0.6) is 5.75 Å². The molecule has 2 heterocycles. The maximum atomic E-state index is 10.8. The van der Waals surface area contributed by atoms with E-state index in [1.807, 2.05) is 22.9 Å². The Hall–Kier alpha value is -2.06. The van der Waals surface area contributed by atoms with Crippen LogP contribution in [0.2, 0.25) is 25.7 Å². The molecule has 3 rings (SSSR count). The van der Waals surface area contributed by atoms with E-state index in [1.54, 1.807) is 6.20 Å². The monoisotopic (exact) mass is 405 g/mol. The molecule has 0 unspecified atom stereocenters. The van der Waals surface area contributed by atoms with Crippen LogP contribution in [0.3, 0.4) is 0 Å². The number of hydrogen-bond donors (Lipinski definition) is 2. The number of rotatable bonds is 8. The average molecular weight is 406 g/mol. The topological polar surface area (TPSA) is 85.6 Å². The lowest BCUT2D eigenvalue weighted by atomic mass is 9.93. The van der Waals surface area contributed by atoms with E-state index in [0.29, 0.717) is 6.73 Å². The number of nitrogens with one attached hydrogen (secondary N) is 1. The number of hydrogen-bond acceptors (Lipinski definition) is 4. The van der Waals surface area contributed by atoms with Gasteiger partial charge in [-0.3, -0.25) is 0 Å². The molecule has 154 valence electrons. The first-order valence-corrected chi connectivity index (χ1v) is 13.7. The number of amides is 1. The summed E-state index contributed by atoms with van der Waals surface area (Å²) in [4.78, 5) is 15.3. The van der Waals surface area contributed by atoms with Gasteiger partial charge in [-0.2, -0.15) is 0 Å². The van der Waals surface area contributed by atoms with Crippen LogP contribution in [-0.4, -0.2) is 47.6 Å². The molecule has 1 fully saturated rings. The summed E-state index contributed by atoms with van der Waals surface area (Å²) >= 11 is 0. The minimum Gasteiger partial charge on any atom is -0.490 e. The third-order valence-electron chi connectivity index (χ3n) is 5.14. The average Bonchev–Trinajstić information content (AvgIpc) is 3.03. The minimum absolute atomic E-state index is 0.0317. The van der Waals surface area contributed by atoms with E-state index in [0.717, 1.165) is 55.1 Å². The quantitative estimate of drug-likeness (QED) is 0.505. The second-order valence-corrected chi connectivity index (χ2v) is 14.3. The van der Waals surface area contributed by atoms with E-state index in [-0.39, 0.29) is 12.1 Å². The van der Waals surface area contributed by atoms with Gasteiger partial charge in [-0.15, -0.1) is 0 Å². The van der Waals surface area contributed by atoms with Gasteiger partial charge in [0, 0.05) is 33.1 Å². The molecule has 0 aliphatic heterocycles. The highest BCUT2D eigenvalue weighted by molar-refractivity contribution is 6.76. The molecule has 1 aliphatic carbocycles. The zero-order valence-corrected chi connectivity index (χ0v) is 18.0. The number of ether oxygens (including phenoxy) is 2. The van der Waals surface area contributed by atoms with Crippen molar-refractivity contribution in [1.29, 1.82) is 0 Å². The molecule has 2 N–H and O–H groups in total. The van der Waals surface area contributed by atoms with Crippen LogP contribution in [0.15, 0.2) is 24.5 Å². The second-order valence-electron chi connectivity index (χ2n) is 8.72. The summed E-state index contributed by atoms with van der Waals surface area (Å²) < 4.78 is 14.1. The zero-order chi connectivity index (χ0) is 20.1. The molecule has 2 aromatic rings. The molecular formula is C20H31N3O4Si. The van der Waals surface area contributed by atoms with Crippen LogP contribution >= 0.6 is 0 Å². The molecule has 0 radical (unpaired) electrons. The van der Waals surface area contributed by atoms with Crippen molar-refractivity contribution in [3.63, 3.8) is 0 Å². The van der Waals surface area contributed by atoms with Crippen LogP contribution in [0, 0.1) is 0 Å². The first kappa shape index (κ1) is 20.7. The van der Waals surface area contributed by atoms with E-state index in [2.05, 4.69) is 29.9 Å². The summed E-state index contributed by atoms with van der Waals surface area (Å²) in [6.07, 6.45) is 6.21. The van der Waals surface area contributed by atoms with Gasteiger partial charge in [-0.25, -0.2) is 9.78 Å². The van der Waals surface area contributed by atoms with Gasteiger partial charge in [0.1, 0.15) is 18.1 Å². The highest BCUT2D eigenvalue weighted by atomic mass is 28.3. The molecule has 2 aromatic heterocycles. The van der Waals surface area contributed by atoms with Gasteiger partial charge in [-0.1, -0.05) is 19.6 Å². The number of pyridine rings is 1. The normalized spacial score (nSPS) is 20.2. The van der Waals surface area contributed by atoms with Crippen LogP contribution in [0.25, 0.3) is 11.0 Å². The largest absolute Gasteiger partial charge is 0.490 e. The summed E-state index contributed by atoms with van der Waals surface area (Å²) in [5, 5.41) is 12.4. The predicted molar refractivity (Wildman–Crippen MR) is 112 cm³/mol. The third-order valence-corrected chi connectivity index (χ3v) is 6.85. The number of nitrogens with zero attached hydrogens (tertiary/aromatic N) is 2. The Labute approximate surface area is 167 Å². The van der Waals surface area contributed by atoms with Crippen molar-refractivity contribution in [2.75, 3.05) is 6.61 Å². The van der Waals surface area contributed by atoms with Crippen molar-refractivity contribution in [3.8, 4) is 5.75 Å². The van der Waals surface area contributed by atoms with Crippen LogP contribution in [0.4, 0.5) is 4.79 Å². The van der Waals surface area contributed by atoms with Crippen LogP contribution < -0.4 is 10.1 Å². The molecule has 0 bridgehead atoms. The molecule has 28 heavy (non-hydrogen) atoms. The predicted octanol–water partition coefficient (Wildman–Crippen LogP) is 4.31. The molecule has 0 saturated heterocycles. The van der Waals surface area contributed by atoms with Crippen molar-refractivity contribution >= 4 is 25.2 Å². The number of fused-ring (bicyclic) bond motifs is 1. The number of carboxylic acid groups (broad SMARTS) is 1. The zero-order valence-electron chi connectivity index (χ0n) is 17.0. The molecule has 0 atom stereocenters. The van der Waals surface area contributed by atoms with Crippen molar-refractivity contribution in [2.24, 2.45) is 0 Å². The Morgan fingerprint density at radius 1 is 1.29 bits per heavy atom. The molecule has 8 heteroatoms. The summed E-state index contributed by atoms with van der Waals surface area (Å²) in [6, 6.07) is 5.11. The van der Waals surface area contributed by atoms with Gasteiger partial charge >= 0.3 is 6.09 Å². The molecule has 1 saturated carbocycles. The molecule has 7 nitrogen and oxygen atoms in total. The van der Waals surface area contributed by atoms with Crippen molar-refractivity contribution in [3.05, 3.63) is 24.5 Å². The first-order valence-electron chi connectivity index (χ1n) is 9.99. The maximum absolute atomic E-state index is 10.8. The molecular weight excluding hydrogens is 374 g/mol. The van der Waals surface area contributed by atoms with Crippen molar-refractivity contribution < 1.29 is 19.4 Å². The van der Waals surface area contributed by atoms with E-state index in [4.69, 9.17) is 14.6 Å². The molecule has 1 aliphatic rings. The Balaban J connectivity index is 1.58. The second kappa shape index (κ2) is 8.96. The molecule has 0 aromatic carbocycles. The molecule has 1 amide bonds. The lowest BCUT2D eigenvalue weighted by molar-refractivity contribution is 0.0898. The van der Waals surface area contributed by atoms with Gasteiger partial charge in [0.25, 0.3) is 0 Å². The van der Waals surface area contributed by atoms with Crippen molar-refractivity contribution in [2.45, 2.75) is 70.2 Å². The fourth-order valence-electron chi connectivity index (χ4n) is 3.49. The Morgan fingerprint density at radius 2 is 2.04 bits per heavy atom. The summed E-state index contributed by atoms with van der Waals surface area (Å²) in [5.74, 6) is 0.834. The smallest absolute Gasteiger partial charge is 0.404 e. The van der Waals surface area contributed by atoms with Crippen LogP contribution in [-0.2, 0) is 11.5 Å². The Bertz CT molecular complexity index is 794. The van der Waals surface area contributed by atoms with Gasteiger partial charge in [0.15, 0.2) is 0 Å². The number of aromatic nitrogens is 2.